The van der Waals surface area contributed by atoms with Crippen LogP contribution in [0.4, 0.5) is 5.69 Å². The summed E-state index contributed by atoms with van der Waals surface area (Å²) in [4.78, 5) is 12.0. The van der Waals surface area contributed by atoms with Crippen LogP contribution in [0.1, 0.15) is 10.4 Å². The highest BCUT2D eigenvalue weighted by Gasteiger charge is 2.10. The van der Waals surface area contributed by atoms with Crippen LogP contribution in [0.3, 0.4) is 0 Å². The normalized spacial score (nSPS) is 10.2. The average molecular weight is 337 g/mol. The molecular formula is C18H15N3O2S. The molecule has 0 fully saturated rings. The van der Waals surface area contributed by atoms with Crippen molar-refractivity contribution in [3.05, 3.63) is 72.3 Å². The number of rotatable bonds is 2. The van der Waals surface area contributed by atoms with Gasteiger partial charge in [-0.15, -0.1) is 0 Å². The third kappa shape index (κ3) is 3.44. The maximum atomic E-state index is 12.0. The second kappa shape index (κ2) is 6.97. The minimum atomic E-state index is -0.477. The molecule has 0 unspecified atom stereocenters. The van der Waals surface area contributed by atoms with Crippen LogP contribution in [0, 0.1) is 0 Å². The Balaban J connectivity index is 1.66. The summed E-state index contributed by atoms with van der Waals surface area (Å²) in [7, 11) is 0. The number of carbonyl (C=O) groups is 1. The van der Waals surface area contributed by atoms with E-state index in [0.29, 0.717) is 0 Å². The Morgan fingerprint density at radius 1 is 0.875 bits per heavy atom. The van der Waals surface area contributed by atoms with E-state index >= 15 is 0 Å². The Morgan fingerprint density at radius 3 is 2.42 bits per heavy atom. The van der Waals surface area contributed by atoms with Gasteiger partial charge in [0.1, 0.15) is 5.75 Å². The van der Waals surface area contributed by atoms with Crippen molar-refractivity contribution in [1.29, 1.82) is 0 Å². The first kappa shape index (κ1) is 15.8. The maximum Gasteiger partial charge on any atom is 0.273 e. The van der Waals surface area contributed by atoms with Gasteiger partial charge < -0.3 is 10.4 Å². The number of carbonyl (C=O) groups excluding carboxylic acids is 1. The molecule has 0 aliphatic rings. The molecule has 0 heterocycles. The zero-order chi connectivity index (χ0) is 16.9. The maximum absolute atomic E-state index is 12.0. The lowest BCUT2D eigenvalue weighted by Crippen LogP contribution is -2.43. The molecule has 0 atom stereocenters. The summed E-state index contributed by atoms with van der Waals surface area (Å²) in [6.07, 6.45) is 0. The molecule has 120 valence electrons. The summed E-state index contributed by atoms with van der Waals surface area (Å²) >= 11 is 5.20. The molecule has 24 heavy (non-hydrogen) atoms. The number of thiocarbonyl (C=S) groups is 1. The molecular weight excluding hydrogens is 322 g/mol. The van der Waals surface area contributed by atoms with Crippen molar-refractivity contribution >= 4 is 39.7 Å². The molecule has 0 aromatic heterocycles. The zero-order valence-corrected chi connectivity index (χ0v) is 13.4. The molecule has 0 spiro atoms. The van der Waals surface area contributed by atoms with Gasteiger partial charge in [0.05, 0.1) is 5.56 Å². The number of phenols is 1. The summed E-state index contributed by atoms with van der Waals surface area (Å²) in [6.45, 7) is 0. The van der Waals surface area contributed by atoms with Crippen LogP contribution in [0.15, 0.2) is 66.7 Å². The second-order valence-corrected chi connectivity index (χ2v) is 5.49. The van der Waals surface area contributed by atoms with E-state index in [1.165, 1.54) is 12.1 Å². The zero-order valence-electron chi connectivity index (χ0n) is 12.6. The van der Waals surface area contributed by atoms with Crippen molar-refractivity contribution in [2.45, 2.75) is 0 Å². The Hall–Kier alpha value is -3.12. The highest BCUT2D eigenvalue weighted by atomic mass is 32.1. The fraction of sp³-hybridized carbons (Fsp3) is 0. The van der Waals surface area contributed by atoms with E-state index in [0.717, 1.165) is 16.5 Å². The van der Waals surface area contributed by atoms with Crippen molar-refractivity contribution in [1.82, 2.24) is 10.9 Å². The minimum absolute atomic E-state index is 0.0928. The molecule has 4 N–H and O–H groups in total. The third-order valence-corrected chi connectivity index (χ3v) is 3.68. The Morgan fingerprint density at radius 2 is 1.58 bits per heavy atom. The molecule has 0 aliphatic carbocycles. The molecule has 3 aromatic carbocycles. The first-order valence-corrected chi connectivity index (χ1v) is 7.69. The molecule has 0 saturated heterocycles. The molecule has 0 bridgehead atoms. The van der Waals surface area contributed by atoms with Gasteiger partial charge in [0.15, 0.2) is 5.11 Å². The lowest BCUT2D eigenvalue weighted by atomic mass is 10.1. The van der Waals surface area contributed by atoms with Crippen molar-refractivity contribution < 1.29 is 9.90 Å². The predicted molar refractivity (Wildman–Crippen MR) is 98.9 cm³/mol. The molecule has 3 aromatic rings. The number of aromatic hydroxyl groups is 1. The average Bonchev–Trinajstić information content (AvgIpc) is 2.60. The van der Waals surface area contributed by atoms with E-state index in [1.807, 2.05) is 42.5 Å². The number of hydrazine groups is 1. The Bertz CT molecular complexity index is 906. The first-order valence-electron chi connectivity index (χ1n) is 7.28. The second-order valence-electron chi connectivity index (χ2n) is 5.08. The van der Waals surface area contributed by atoms with Crippen LogP contribution >= 0.6 is 12.2 Å². The Labute approximate surface area is 144 Å². The lowest BCUT2D eigenvalue weighted by molar-refractivity contribution is 0.0941. The van der Waals surface area contributed by atoms with Gasteiger partial charge in [-0.25, -0.2) is 0 Å². The highest BCUT2D eigenvalue weighted by molar-refractivity contribution is 7.80. The van der Waals surface area contributed by atoms with Crippen molar-refractivity contribution in [2.24, 2.45) is 0 Å². The number of para-hydroxylation sites is 1. The van der Waals surface area contributed by atoms with E-state index < -0.39 is 5.91 Å². The van der Waals surface area contributed by atoms with Gasteiger partial charge >= 0.3 is 0 Å². The van der Waals surface area contributed by atoms with Crippen LogP contribution in [-0.2, 0) is 0 Å². The number of hydrogen-bond donors (Lipinski definition) is 4. The van der Waals surface area contributed by atoms with Crippen LogP contribution in [-0.4, -0.2) is 16.1 Å². The van der Waals surface area contributed by atoms with Gasteiger partial charge in [-0.05, 0) is 35.8 Å². The molecule has 0 aliphatic heterocycles. The first-order chi connectivity index (χ1) is 11.6. The number of amides is 1. The van der Waals surface area contributed by atoms with E-state index in [2.05, 4.69) is 16.2 Å². The van der Waals surface area contributed by atoms with E-state index in [9.17, 15) is 9.90 Å². The van der Waals surface area contributed by atoms with Crippen molar-refractivity contribution in [3.8, 4) is 5.75 Å². The Kier molecular flexibility index (Phi) is 4.58. The van der Waals surface area contributed by atoms with Crippen LogP contribution in [0.25, 0.3) is 10.8 Å². The summed E-state index contributed by atoms with van der Waals surface area (Å²) in [6, 6.07) is 20.0. The largest absolute Gasteiger partial charge is 0.507 e. The fourth-order valence-corrected chi connectivity index (χ4v) is 2.50. The smallest absolute Gasteiger partial charge is 0.273 e. The van der Waals surface area contributed by atoms with Crippen molar-refractivity contribution in [2.75, 3.05) is 5.32 Å². The summed E-state index contributed by atoms with van der Waals surface area (Å²) < 4.78 is 0. The van der Waals surface area contributed by atoms with Crippen LogP contribution in [0.5, 0.6) is 5.75 Å². The fourth-order valence-electron chi connectivity index (χ4n) is 2.33. The van der Waals surface area contributed by atoms with Gasteiger partial charge in [0.2, 0.25) is 0 Å². The number of fused-ring (bicyclic) bond motifs is 1. The molecule has 0 saturated carbocycles. The standard InChI is InChI=1S/C18H15N3O2S/c22-16-11-4-3-9-14(16)17(23)20-21-18(24)19-15-10-5-7-12-6-1-2-8-13(12)15/h1-11,22H,(H,20,23)(H2,19,21,24). The SMILES string of the molecule is O=C(NNC(=S)Nc1cccc2ccccc12)c1ccccc1O. The van der Waals surface area contributed by atoms with Crippen LogP contribution < -0.4 is 16.2 Å². The van der Waals surface area contributed by atoms with Gasteiger partial charge in [-0.2, -0.15) is 0 Å². The van der Waals surface area contributed by atoms with E-state index in [-0.39, 0.29) is 16.4 Å². The van der Waals surface area contributed by atoms with Gasteiger partial charge in [-0.1, -0.05) is 48.5 Å². The number of benzene rings is 3. The minimum Gasteiger partial charge on any atom is -0.507 e. The third-order valence-electron chi connectivity index (χ3n) is 3.48. The quantitative estimate of drug-likeness (QED) is 0.427. The predicted octanol–water partition coefficient (Wildman–Crippen LogP) is 3.18. The topological polar surface area (TPSA) is 73.4 Å². The van der Waals surface area contributed by atoms with E-state index in [4.69, 9.17) is 12.2 Å². The van der Waals surface area contributed by atoms with Crippen molar-refractivity contribution in [3.63, 3.8) is 0 Å². The number of anilines is 1. The van der Waals surface area contributed by atoms with Gasteiger partial charge in [-0.3, -0.25) is 15.6 Å². The number of phenolic OH excluding ortho intramolecular Hbond substituents is 1. The summed E-state index contributed by atoms with van der Waals surface area (Å²) in [5.74, 6) is -0.570. The summed E-state index contributed by atoms with van der Waals surface area (Å²) in [5.41, 5.74) is 6.09. The molecule has 0 radical (unpaired) electrons. The lowest BCUT2D eigenvalue weighted by Gasteiger charge is -2.13. The number of hydrogen-bond acceptors (Lipinski definition) is 3. The van der Waals surface area contributed by atoms with Crippen LogP contribution in [0.2, 0.25) is 0 Å². The summed E-state index contributed by atoms with van der Waals surface area (Å²) in [5, 5.41) is 15.1. The monoisotopic (exact) mass is 337 g/mol. The molecule has 5 nitrogen and oxygen atoms in total. The highest BCUT2D eigenvalue weighted by Crippen LogP contribution is 2.22. The van der Waals surface area contributed by atoms with E-state index in [1.54, 1.807) is 12.1 Å². The molecule has 1 amide bonds. The molecule has 6 heteroatoms. The van der Waals surface area contributed by atoms with Gasteiger partial charge in [0, 0.05) is 11.1 Å². The number of nitrogens with one attached hydrogen (secondary N) is 3. The molecule has 3 rings (SSSR count). The van der Waals surface area contributed by atoms with Gasteiger partial charge in [0.25, 0.3) is 5.91 Å².